The maximum atomic E-state index is 12.8. The lowest BCUT2D eigenvalue weighted by molar-refractivity contribution is -0.145. The molecule has 204 valence electrons. The van der Waals surface area contributed by atoms with E-state index in [1.165, 1.54) is 11.6 Å². The summed E-state index contributed by atoms with van der Waals surface area (Å²) in [6.07, 6.45) is 17.9. The van der Waals surface area contributed by atoms with Crippen LogP contribution in [-0.2, 0) is 23.7 Å². The quantitative estimate of drug-likeness (QED) is 0.311. The highest BCUT2D eigenvalue weighted by molar-refractivity contribution is 5.82. The zero-order valence-electron chi connectivity index (χ0n) is 22.6. The summed E-state index contributed by atoms with van der Waals surface area (Å²) in [5, 5.41) is 10.8. The smallest absolute Gasteiger partial charge is 0.330 e. The maximum absolute atomic E-state index is 12.8. The third kappa shape index (κ3) is 8.78. The van der Waals surface area contributed by atoms with Gasteiger partial charge < -0.3 is 24.1 Å². The number of cyclic esters (lactones) is 1. The maximum Gasteiger partial charge on any atom is 0.330 e. The number of carbonyl (C=O) groups is 1. The summed E-state index contributed by atoms with van der Waals surface area (Å²) >= 11 is 0. The average Bonchev–Trinajstić information content (AvgIpc) is 3.61. The van der Waals surface area contributed by atoms with Crippen LogP contribution in [0.5, 0.6) is 0 Å². The Labute approximate surface area is 222 Å². The van der Waals surface area contributed by atoms with Crippen LogP contribution in [0.4, 0.5) is 0 Å². The molecule has 0 aromatic carbocycles. The Kier molecular flexibility index (Phi) is 9.99. The Morgan fingerprint density at radius 1 is 1.14 bits per heavy atom. The number of carbonyl (C=O) groups excluding carboxylic acids is 1. The molecule has 2 bridgehead atoms. The standard InChI is InChI=1S/C31H44O6/c1-20-13-14-34-25(16-20)12-11-23(4)28-19-29-31(37-29)27(32)18-22(3)15-21(2)17-26-9-5-7-24(35-26)8-6-10-30(33)36-28/h5-7,10-13,21,23-29,31-32H,3,8-9,14-19H2,1-2,4H3/b10-6-,12-11+/t21-,23-,24-,25+,26-,27-,28-,29+,31-/m0/s1. The van der Waals surface area contributed by atoms with Gasteiger partial charge in [0.15, 0.2) is 0 Å². The lowest BCUT2D eigenvalue weighted by atomic mass is 9.90. The van der Waals surface area contributed by atoms with Crippen molar-refractivity contribution in [1.82, 2.24) is 0 Å². The third-order valence-corrected chi connectivity index (χ3v) is 7.75. The van der Waals surface area contributed by atoms with E-state index in [0.29, 0.717) is 31.8 Å². The molecule has 0 amide bonds. The molecule has 6 nitrogen and oxygen atoms in total. The lowest BCUT2D eigenvalue weighted by Crippen LogP contribution is -2.28. The fourth-order valence-corrected chi connectivity index (χ4v) is 5.63. The molecule has 6 heteroatoms. The molecule has 4 aliphatic rings. The predicted octanol–water partition coefficient (Wildman–Crippen LogP) is 5.38. The summed E-state index contributed by atoms with van der Waals surface area (Å²) in [5.74, 6) is 0.0256. The molecule has 0 aliphatic carbocycles. The van der Waals surface area contributed by atoms with Crippen LogP contribution in [0.3, 0.4) is 0 Å². The Hall–Kier alpha value is -1.99. The van der Waals surface area contributed by atoms with Gasteiger partial charge in [-0.1, -0.05) is 68.0 Å². The largest absolute Gasteiger partial charge is 0.459 e. The number of epoxide rings is 1. The molecular weight excluding hydrogens is 468 g/mol. The highest BCUT2D eigenvalue weighted by Crippen LogP contribution is 2.35. The minimum Gasteiger partial charge on any atom is -0.459 e. The fraction of sp³-hybridized carbons (Fsp3) is 0.645. The molecule has 0 unspecified atom stereocenters. The van der Waals surface area contributed by atoms with Gasteiger partial charge in [-0.2, -0.15) is 0 Å². The highest BCUT2D eigenvalue weighted by atomic mass is 16.6. The summed E-state index contributed by atoms with van der Waals surface area (Å²) in [7, 11) is 0. The predicted molar refractivity (Wildman–Crippen MR) is 144 cm³/mol. The summed E-state index contributed by atoms with van der Waals surface area (Å²) in [4.78, 5) is 12.8. The topological polar surface area (TPSA) is 77.5 Å². The van der Waals surface area contributed by atoms with E-state index in [1.807, 2.05) is 13.0 Å². The minimum atomic E-state index is -0.602. The van der Waals surface area contributed by atoms with Gasteiger partial charge in [-0.15, -0.1) is 0 Å². The number of hydrogen-bond acceptors (Lipinski definition) is 6. The van der Waals surface area contributed by atoms with Gasteiger partial charge in [-0.05, 0) is 51.4 Å². The van der Waals surface area contributed by atoms with Crippen LogP contribution in [0.15, 0.2) is 60.3 Å². The highest BCUT2D eigenvalue weighted by Gasteiger charge is 2.46. The van der Waals surface area contributed by atoms with Crippen LogP contribution in [0, 0.1) is 11.8 Å². The molecule has 0 saturated carbocycles. The van der Waals surface area contributed by atoms with Gasteiger partial charge in [0.05, 0.1) is 37.1 Å². The number of aliphatic hydroxyl groups is 1. The molecule has 4 aliphatic heterocycles. The Balaban J connectivity index is 1.44. The van der Waals surface area contributed by atoms with Crippen molar-refractivity contribution >= 4 is 5.97 Å². The molecule has 37 heavy (non-hydrogen) atoms. The van der Waals surface area contributed by atoms with Crippen LogP contribution in [-0.4, -0.2) is 60.4 Å². The van der Waals surface area contributed by atoms with E-state index < -0.39 is 6.10 Å². The molecule has 1 N–H and O–H groups in total. The SMILES string of the molecule is C=C1C[C@H](C)C[C@@H]2CC=C[C@@H](C/C=C\C(=O)O[C@H]([C@@H](C)/C=C/[C@@H]3CC(C)=CCO3)C[C@H]3O[C@H]3[C@@H](O)C1)O2. The van der Waals surface area contributed by atoms with Crippen molar-refractivity contribution in [3.05, 3.63) is 60.3 Å². The van der Waals surface area contributed by atoms with Crippen LogP contribution in [0.1, 0.15) is 65.7 Å². The summed E-state index contributed by atoms with van der Waals surface area (Å²) in [5.41, 5.74) is 2.36. The van der Waals surface area contributed by atoms with Crippen molar-refractivity contribution in [2.24, 2.45) is 11.8 Å². The van der Waals surface area contributed by atoms with Gasteiger partial charge in [0.2, 0.25) is 0 Å². The van der Waals surface area contributed by atoms with E-state index >= 15 is 0 Å². The van der Waals surface area contributed by atoms with E-state index in [2.05, 4.69) is 50.8 Å². The number of rotatable bonds is 3. The molecule has 0 aromatic heterocycles. The molecule has 0 aromatic rings. The number of hydrogen-bond donors (Lipinski definition) is 1. The lowest BCUT2D eigenvalue weighted by Gasteiger charge is -2.28. The third-order valence-electron chi connectivity index (χ3n) is 7.75. The second-order valence-corrected chi connectivity index (χ2v) is 11.4. The summed E-state index contributed by atoms with van der Waals surface area (Å²) in [6.45, 7) is 11.2. The Morgan fingerprint density at radius 3 is 2.78 bits per heavy atom. The molecule has 1 saturated heterocycles. The van der Waals surface area contributed by atoms with Gasteiger partial charge in [0.1, 0.15) is 12.2 Å². The van der Waals surface area contributed by atoms with Gasteiger partial charge in [-0.25, -0.2) is 4.79 Å². The van der Waals surface area contributed by atoms with Crippen molar-refractivity contribution in [1.29, 1.82) is 0 Å². The number of ether oxygens (including phenoxy) is 4. The van der Waals surface area contributed by atoms with E-state index in [0.717, 1.165) is 31.3 Å². The van der Waals surface area contributed by atoms with Gasteiger partial charge in [-0.3, -0.25) is 0 Å². The molecule has 4 heterocycles. The summed E-state index contributed by atoms with van der Waals surface area (Å²) in [6, 6.07) is 0. The first-order valence-electron chi connectivity index (χ1n) is 13.9. The molecule has 9 atom stereocenters. The molecule has 0 radical (unpaired) electrons. The minimum absolute atomic E-state index is 0.0269. The van der Waals surface area contributed by atoms with Crippen molar-refractivity contribution in [3.63, 3.8) is 0 Å². The Bertz CT molecular complexity index is 917. The van der Waals surface area contributed by atoms with E-state index in [9.17, 15) is 9.90 Å². The normalized spacial score (nSPS) is 39.6. The molecule has 0 spiro atoms. The first-order valence-corrected chi connectivity index (χ1v) is 13.9. The van der Waals surface area contributed by atoms with Crippen LogP contribution < -0.4 is 0 Å². The van der Waals surface area contributed by atoms with E-state index in [4.69, 9.17) is 18.9 Å². The molecule has 1 fully saturated rings. The van der Waals surface area contributed by atoms with Gasteiger partial charge in [0.25, 0.3) is 0 Å². The van der Waals surface area contributed by atoms with Crippen LogP contribution in [0.25, 0.3) is 0 Å². The van der Waals surface area contributed by atoms with Gasteiger partial charge >= 0.3 is 5.97 Å². The summed E-state index contributed by atoms with van der Waals surface area (Å²) < 4.78 is 23.9. The first kappa shape index (κ1) is 28.0. The van der Waals surface area contributed by atoms with Crippen molar-refractivity contribution in [2.45, 2.75) is 108 Å². The van der Waals surface area contributed by atoms with Crippen LogP contribution >= 0.6 is 0 Å². The molecular formula is C31H44O6. The van der Waals surface area contributed by atoms with Crippen molar-refractivity contribution in [2.75, 3.05) is 6.61 Å². The monoisotopic (exact) mass is 512 g/mol. The van der Waals surface area contributed by atoms with E-state index in [-0.39, 0.29) is 48.5 Å². The second-order valence-electron chi connectivity index (χ2n) is 11.4. The second kappa shape index (κ2) is 13.2. The zero-order chi connectivity index (χ0) is 26.4. The van der Waals surface area contributed by atoms with E-state index in [1.54, 1.807) is 0 Å². The Morgan fingerprint density at radius 2 is 1.97 bits per heavy atom. The zero-order valence-corrected chi connectivity index (χ0v) is 22.6. The number of aliphatic hydroxyl groups excluding tert-OH is 1. The first-order chi connectivity index (χ1) is 17.8. The molecule has 4 rings (SSSR count). The van der Waals surface area contributed by atoms with Crippen molar-refractivity contribution < 1.29 is 28.8 Å². The van der Waals surface area contributed by atoms with Crippen LogP contribution in [0.2, 0.25) is 0 Å². The van der Waals surface area contributed by atoms with Gasteiger partial charge in [0, 0.05) is 18.4 Å². The number of esters is 1. The van der Waals surface area contributed by atoms with Crippen molar-refractivity contribution in [3.8, 4) is 0 Å². The fourth-order valence-electron chi connectivity index (χ4n) is 5.63. The average molecular weight is 513 g/mol. The number of fused-ring (bicyclic) bond motifs is 3.